The van der Waals surface area contributed by atoms with Crippen molar-refractivity contribution in [1.82, 2.24) is 9.97 Å². The molecule has 3 atom stereocenters. The molecular weight excluding hydrogens is 440 g/mol. The van der Waals surface area contributed by atoms with Gasteiger partial charge in [0, 0.05) is 35.8 Å². The number of carbonyl (C=O) groups excluding carboxylic acids is 2. The maximum atomic E-state index is 13.6. The summed E-state index contributed by atoms with van der Waals surface area (Å²) in [5.41, 5.74) is 4.87. The van der Waals surface area contributed by atoms with Crippen LogP contribution in [0.25, 0.3) is 0 Å². The molecule has 0 radical (unpaired) electrons. The highest BCUT2D eigenvalue weighted by Crippen LogP contribution is 2.46. The van der Waals surface area contributed by atoms with Crippen molar-refractivity contribution >= 4 is 23.2 Å². The average Bonchev–Trinajstić information content (AvgIpc) is 3.55. The summed E-state index contributed by atoms with van der Waals surface area (Å²) in [4.78, 5) is 35.1. The van der Waals surface area contributed by atoms with Crippen molar-refractivity contribution in [1.29, 1.82) is 0 Å². The van der Waals surface area contributed by atoms with E-state index in [0.29, 0.717) is 21.6 Å². The summed E-state index contributed by atoms with van der Waals surface area (Å²) in [6.45, 7) is 2.07. The van der Waals surface area contributed by atoms with Gasteiger partial charge < -0.3 is 20.1 Å². The average molecular weight is 472 g/mol. The van der Waals surface area contributed by atoms with Crippen LogP contribution in [0.15, 0.2) is 36.1 Å². The topological polar surface area (TPSA) is 115 Å². The molecule has 0 aromatic carbocycles. The quantitative estimate of drug-likeness (QED) is 0.473. The van der Waals surface area contributed by atoms with Crippen molar-refractivity contribution in [2.45, 2.75) is 56.3 Å². The molecule has 176 valence electrons. The van der Waals surface area contributed by atoms with Gasteiger partial charge in [0.1, 0.15) is 18.6 Å². The first-order valence-corrected chi connectivity index (χ1v) is 12.7. The second kappa shape index (κ2) is 8.77. The van der Waals surface area contributed by atoms with Crippen molar-refractivity contribution in [3.63, 3.8) is 0 Å². The lowest BCUT2D eigenvalue weighted by Crippen LogP contribution is -2.67. The van der Waals surface area contributed by atoms with Crippen LogP contribution in [0.1, 0.15) is 55.1 Å². The Morgan fingerprint density at radius 3 is 2.58 bits per heavy atom. The number of nitrogens with zero attached hydrogens (tertiary/aromatic N) is 3. The summed E-state index contributed by atoms with van der Waals surface area (Å²) < 4.78 is 6.57. The van der Waals surface area contributed by atoms with Crippen LogP contribution in [0, 0.1) is 11.8 Å². The standard InChI is InChI=1S/C24H30N4O4S/c25-22(29)21(18-7-10-26-15-27-18)28-11-8-16(9-12-28)19(14-28)32-23(30)24(31,17-4-1-2-5-17)20-6-3-13-33-20/h3,6-7,10,13,15-17,19,21,31H,1-2,4-5,8-9,11-12,14H2,(H-,25,29)/p+1/t16?,19?,21?,24-,28?/m0/s1. The highest BCUT2D eigenvalue weighted by Gasteiger charge is 2.56. The number of hydrogen-bond acceptors (Lipinski definition) is 7. The number of amides is 1. The van der Waals surface area contributed by atoms with Crippen LogP contribution in [-0.4, -0.2) is 57.2 Å². The van der Waals surface area contributed by atoms with E-state index in [1.165, 1.54) is 17.7 Å². The molecule has 1 aliphatic carbocycles. The molecule has 9 heteroatoms. The number of nitrogens with two attached hydrogens (primary N) is 1. The number of primary amides is 1. The van der Waals surface area contributed by atoms with E-state index in [2.05, 4.69) is 9.97 Å². The monoisotopic (exact) mass is 471 g/mol. The molecule has 6 rings (SSSR count). The smallest absolute Gasteiger partial charge is 0.344 e. The van der Waals surface area contributed by atoms with E-state index < -0.39 is 23.5 Å². The fraction of sp³-hybridized carbons (Fsp3) is 0.583. The maximum Gasteiger partial charge on any atom is 0.344 e. The molecule has 2 unspecified atom stereocenters. The first-order chi connectivity index (χ1) is 15.9. The molecule has 4 fully saturated rings. The largest absolute Gasteiger partial charge is 0.454 e. The Labute approximate surface area is 197 Å². The zero-order chi connectivity index (χ0) is 23.1. The predicted molar refractivity (Wildman–Crippen MR) is 122 cm³/mol. The lowest BCUT2D eigenvalue weighted by atomic mass is 9.80. The normalized spacial score (nSPS) is 30.0. The number of aliphatic hydroxyl groups is 1. The van der Waals surface area contributed by atoms with Gasteiger partial charge in [-0.25, -0.2) is 14.8 Å². The molecule has 3 saturated heterocycles. The van der Waals surface area contributed by atoms with Crippen LogP contribution in [0.5, 0.6) is 0 Å². The fourth-order valence-electron chi connectivity index (χ4n) is 6.35. The summed E-state index contributed by atoms with van der Waals surface area (Å²) in [7, 11) is 0. The molecule has 3 aliphatic heterocycles. The maximum absolute atomic E-state index is 13.6. The molecule has 1 saturated carbocycles. The molecule has 4 aliphatic rings. The number of ether oxygens (including phenoxy) is 1. The molecule has 2 bridgehead atoms. The number of hydrogen-bond donors (Lipinski definition) is 2. The van der Waals surface area contributed by atoms with Gasteiger partial charge in [-0.2, -0.15) is 0 Å². The van der Waals surface area contributed by atoms with Crippen molar-refractivity contribution in [3.8, 4) is 0 Å². The number of fused-ring (bicyclic) bond motifs is 3. The van der Waals surface area contributed by atoms with Crippen molar-refractivity contribution in [3.05, 3.63) is 46.7 Å². The minimum absolute atomic E-state index is 0.132. The third-order valence-electron chi connectivity index (χ3n) is 8.07. The predicted octanol–water partition coefficient (Wildman–Crippen LogP) is 2.29. The first-order valence-electron chi connectivity index (χ1n) is 11.8. The number of esters is 1. The van der Waals surface area contributed by atoms with Gasteiger partial charge in [0.05, 0.1) is 13.1 Å². The van der Waals surface area contributed by atoms with E-state index in [1.807, 2.05) is 17.5 Å². The number of piperidine rings is 3. The van der Waals surface area contributed by atoms with Crippen molar-refractivity contribution in [2.24, 2.45) is 17.6 Å². The Morgan fingerprint density at radius 1 is 1.21 bits per heavy atom. The second-order valence-corrected chi connectivity index (χ2v) is 10.7. The highest BCUT2D eigenvalue weighted by atomic mass is 32.1. The number of rotatable bonds is 7. The first kappa shape index (κ1) is 22.4. The SMILES string of the molecule is NC(=O)C(c1ccncn1)[N+]12CCC(CC1)C(OC(=O)[C@@](O)(c1cccs1)C1CCCC1)C2. The Balaban J connectivity index is 1.41. The Morgan fingerprint density at radius 2 is 1.97 bits per heavy atom. The molecule has 0 spiro atoms. The third kappa shape index (κ3) is 3.86. The van der Waals surface area contributed by atoms with Crippen LogP contribution >= 0.6 is 11.3 Å². The molecule has 1 amide bonds. The van der Waals surface area contributed by atoms with E-state index in [4.69, 9.17) is 10.5 Å². The summed E-state index contributed by atoms with van der Waals surface area (Å²) >= 11 is 1.40. The fourth-order valence-corrected chi connectivity index (χ4v) is 7.25. The van der Waals surface area contributed by atoms with Crippen LogP contribution < -0.4 is 5.73 Å². The zero-order valence-electron chi connectivity index (χ0n) is 18.6. The van der Waals surface area contributed by atoms with E-state index in [1.54, 1.807) is 12.3 Å². The molecule has 8 nitrogen and oxygen atoms in total. The zero-order valence-corrected chi connectivity index (χ0v) is 19.5. The van der Waals surface area contributed by atoms with Crippen LogP contribution in [0.4, 0.5) is 0 Å². The van der Waals surface area contributed by atoms with E-state index in [0.717, 1.165) is 51.6 Å². The summed E-state index contributed by atoms with van der Waals surface area (Å²) in [6, 6.07) is 4.81. The van der Waals surface area contributed by atoms with Gasteiger partial charge in [-0.15, -0.1) is 11.3 Å². The van der Waals surface area contributed by atoms with Gasteiger partial charge in [-0.1, -0.05) is 18.9 Å². The Bertz CT molecular complexity index is 987. The van der Waals surface area contributed by atoms with Gasteiger partial charge in [0.15, 0.2) is 11.7 Å². The van der Waals surface area contributed by atoms with Gasteiger partial charge in [-0.05, 0) is 30.4 Å². The summed E-state index contributed by atoms with van der Waals surface area (Å²) in [6.07, 6.45) is 8.02. The summed E-state index contributed by atoms with van der Waals surface area (Å²) in [5.74, 6) is -0.886. The highest BCUT2D eigenvalue weighted by molar-refractivity contribution is 7.10. The van der Waals surface area contributed by atoms with Gasteiger partial charge >= 0.3 is 5.97 Å². The van der Waals surface area contributed by atoms with E-state index in [-0.39, 0.29) is 17.9 Å². The summed E-state index contributed by atoms with van der Waals surface area (Å²) in [5, 5.41) is 13.6. The van der Waals surface area contributed by atoms with Crippen molar-refractivity contribution < 1.29 is 23.9 Å². The van der Waals surface area contributed by atoms with Gasteiger partial charge in [0.25, 0.3) is 5.91 Å². The second-order valence-electron chi connectivity index (χ2n) is 9.79. The molecule has 2 aromatic heterocycles. The number of aromatic nitrogens is 2. The Hall–Kier alpha value is -2.36. The van der Waals surface area contributed by atoms with Gasteiger partial charge in [-0.3, -0.25) is 4.79 Å². The van der Waals surface area contributed by atoms with Crippen LogP contribution in [0.2, 0.25) is 0 Å². The Kier molecular flexibility index (Phi) is 5.96. The van der Waals surface area contributed by atoms with E-state index >= 15 is 0 Å². The third-order valence-corrected chi connectivity index (χ3v) is 9.07. The van der Waals surface area contributed by atoms with Crippen LogP contribution in [0.3, 0.4) is 0 Å². The van der Waals surface area contributed by atoms with Crippen LogP contribution in [-0.2, 0) is 19.9 Å². The van der Waals surface area contributed by atoms with Gasteiger partial charge in [0.2, 0.25) is 6.04 Å². The number of quaternary nitrogens is 1. The molecule has 3 N–H and O–H groups in total. The van der Waals surface area contributed by atoms with Crippen molar-refractivity contribution in [2.75, 3.05) is 19.6 Å². The molecule has 2 aromatic rings. The number of carbonyl (C=O) groups is 2. The minimum atomic E-state index is -1.61. The molecule has 33 heavy (non-hydrogen) atoms. The lowest BCUT2D eigenvalue weighted by Gasteiger charge is -2.54. The van der Waals surface area contributed by atoms with E-state index in [9.17, 15) is 14.7 Å². The lowest BCUT2D eigenvalue weighted by molar-refractivity contribution is -0.965. The molecular formula is C24H31N4O4S+. The molecule has 5 heterocycles. The minimum Gasteiger partial charge on any atom is -0.454 e. The number of thiophene rings is 1.